The molecule has 1 aliphatic rings. The molecule has 4 heteroatoms. The summed E-state index contributed by atoms with van der Waals surface area (Å²) in [5.74, 6) is 0.536. The topological polar surface area (TPSA) is 51.2 Å². The van der Waals surface area contributed by atoms with E-state index < -0.39 is 0 Å². The van der Waals surface area contributed by atoms with Crippen LogP contribution in [0.15, 0.2) is 12.3 Å². The maximum Gasteiger partial charge on any atom is 0.256 e. The molecule has 0 radical (unpaired) electrons. The van der Waals surface area contributed by atoms with Gasteiger partial charge in [-0.25, -0.2) is 0 Å². The van der Waals surface area contributed by atoms with Crippen LogP contribution in [0, 0.1) is 0 Å². The number of nitrogens with zero attached hydrogens (tertiary/aromatic N) is 1. The largest absolute Gasteiger partial charge is 0.489 e. The van der Waals surface area contributed by atoms with Crippen LogP contribution in [0.5, 0.6) is 5.75 Å². The first-order valence-corrected chi connectivity index (χ1v) is 5.62. The van der Waals surface area contributed by atoms with Gasteiger partial charge in [0.05, 0.1) is 11.8 Å². The van der Waals surface area contributed by atoms with Crippen LogP contribution in [0.2, 0.25) is 0 Å². The summed E-state index contributed by atoms with van der Waals surface area (Å²) in [5.41, 5.74) is 1.37. The molecule has 1 saturated carbocycles. The molecule has 0 bridgehead atoms. The van der Waals surface area contributed by atoms with Gasteiger partial charge in [0.25, 0.3) is 5.91 Å². The van der Waals surface area contributed by atoms with E-state index in [4.69, 9.17) is 4.74 Å². The van der Waals surface area contributed by atoms with Crippen molar-refractivity contribution in [3.05, 3.63) is 23.5 Å². The molecule has 4 nitrogen and oxygen atoms in total. The Morgan fingerprint density at radius 1 is 1.62 bits per heavy atom. The highest BCUT2D eigenvalue weighted by Gasteiger charge is 2.26. The van der Waals surface area contributed by atoms with Crippen molar-refractivity contribution in [1.29, 1.82) is 0 Å². The maximum absolute atomic E-state index is 11.8. The van der Waals surface area contributed by atoms with Crippen molar-refractivity contribution in [3.63, 3.8) is 0 Å². The minimum Gasteiger partial charge on any atom is -0.489 e. The first-order valence-electron chi connectivity index (χ1n) is 5.62. The summed E-state index contributed by atoms with van der Waals surface area (Å²) in [6.07, 6.45) is 4.87. The summed E-state index contributed by atoms with van der Waals surface area (Å²) in [5, 5.41) is 2.63. The lowest BCUT2D eigenvalue weighted by atomic mass is 10.1. The Kier molecular flexibility index (Phi) is 3.08. The molecule has 0 saturated heterocycles. The van der Waals surface area contributed by atoms with Crippen LogP contribution in [0.1, 0.15) is 35.8 Å². The molecule has 0 aliphatic heterocycles. The number of aromatic nitrogens is 1. The van der Waals surface area contributed by atoms with E-state index in [-0.39, 0.29) is 12.0 Å². The quantitative estimate of drug-likeness (QED) is 0.837. The van der Waals surface area contributed by atoms with Crippen molar-refractivity contribution in [2.24, 2.45) is 0 Å². The van der Waals surface area contributed by atoms with Gasteiger partial charge in [0.2, 0.25) is 0 Å². The summed E-state index contributed by atoms with van der Waals surface area (Å²) >= 11 is 0. The van der Waals surface area contributed by atoms with Gasteiger partial charge in [-0.1, -0.05) is 6.92 Å². The van der Waals surface area contributed by atoms with E-state index in [1.165, 1.54) is 0 Å². The van der Waals surface area contributed by atoms with Crippen molar-refractivity contribution in [1.82, 2.24) is 10.3 Å². The van der Waals surface area contributed by atoms with E-state index in [1.54, 1.807) is 19.3 Å². The van der Waals surface area contributed by atoms with Gasteiger partial charge in [-0.2, -0.15) is 0 Å². The zero-order valence-electron chi connectivity index (χ0n) is 9.62. The van der Waals surface area contributed by atoms with Crippen LogP contribution in [-0.2, 0) is 6.42 Å². The molecule has 0 atom stereocenters. The molecular weight excluding hydrogens is 204 g/mol. The third-order valence-electron chi connectivity index (χ3n) is 2.60. The van der Waals surface area contributed by atoms with E-state index >= 15 is 0 Å². The van der Waals surface area contributed by atoms with Crippen molar-refractivity contribution in [2.75, 3.05) is 7.05 Å². The lowest BCUT2D eigenvalue weighted by Crippen LogP contribution is -2.21. The average molecular weight is 220 g/mol. The van der Waals surface area contributed by atoms with E-state index in [0.29, 0.717) is 11.3 Å². The summed E-state index contributed by atoms with van der Waals surface area (Å²) in [6, 6.07) is 1.77. The van der Waals surface area contributed by atoms with Crippen molar-refractivity contribution < 1.29 is 9.53 Å². The second kappa shape index (κ2) is 4.51. The van der Waals surface area contributed by atoms with E-state index in [0.717, 1.165) is 25.0 Å². The molecule has 1 N–H and O–H groups in total. The van der Waals surface area contributed by atoms with E-state index in [9.17, 15) is 4.79 Å². The molecule has 2 rings (SSSR count). The molecule has 0 spiro atoms. The zero-order chi connectivity index (χ0) is 11.5. The lowest BCUT2D eigenvalue weighted by Gasteiger charge is -2.12. The highest BCUT2D eigenvalue weighted by Crippen LogP contribution is 2.30. The third kappa shape index (κ3) is 2.15. The number of hydrogen-bond acceptors (Lipinski definition) is 3. The molecule has 1 aromatic heterocycles. The molecule has 0 aromatic carbocycles. The standard InChI is InChI=1S/C12H16N2O2/c1-3-9-11(12(15)13-2)10(6-7-14-9)16-8-4-5-8/h6-8H,3-5H2,1-2H3,(H,13,15). The smallest absolute Gasteiger partial charge is 0.256 e. The molecular formula is C12H16N2O2. The minimum atomic E-state index is -0.124. The third-order valence-corrected chi connectivity index (χ3v) is 2.60. The second-order valence-corrected chi connectivity index (χ2v) is 3.88. The Labute approximate surface area is 95.0 Å². The van der Waals surface area contributed by atoms with Crippen LogP contribution in [0.3, 0.4) is 0 Å². The van der Waals surface area contributed by atoms with Gasteiger partial charge in [-0.3, -0.25) is 9.78 Å². The second-order valence-electron chi connectivity index (χ2n) is 3.88. The van der Waals surface area contributed by atoms with Gasteiger partial charge in [-0.05, 0) is 25.3 Å². The highest BCUT2D eigenvalue weighted by molar-refractivity contribution is 5.97. The monoisotopic (exact) mass is 220 g/mol. The first kappa shape index (κ1) is 10.9. The predicted molar refractivity (Wildman–Crippen MR) is 60.7 cm³/mol. The van der Waals surface area contributed by atoms with Crippen LogP contribution < -0.4 is 10.1 Å². The fraction of sp³-hybridized carbons (Fsp3) is 0.500. The Balaban J connectivity index is 2.36. The van der Waals surface area contributed by atoms with Crippen LogP contribution in [0.4, 0.5) is 0 Å². The SMILES string of the molecule is CCc1nccc(OC2CC2)c1C(=O)NC. The number of hydrogen-bond donors (Lipinski definition) is 1. The minimum absolute atomic E-state index is 0.124. The van der Waals surface area contributed by atoms with Gasteiger partial charge in [0, 0.05) is 13.2 Å². The number of nitrogens with one attached hydrogen (secondary N) is 1. The summed E-state index contributed by atoms with van der Waals surface area (Å²) in [6.45, 7) is 1.98. The molecule has 1 aliphatic carbocycles. The zero-order valence-corrected chi connectivity index (χ0v) is 9.62. The Morgan fingerprint density at radius 3 is 2.94 bits per heavy atom. The van der Waals surface area contributed by atoms with Gasteiger partial charge in [0.15, 0.2) is 0 Å². The molecule has 1 heterocycles. The number of pyridine rings is 1. The molecule has 1 fully saturated rings. The summed E-state index contributed by atoms with van der Waals surface area (Å²) < 4.78 is 5.72. The Bertz CT molecular complexity index is 400. The Morgan fingerprint density at radius 2 is 2.38 bits per heavy atom. The van der Waals surface area contributed by atoms with Gasteiger partial charge in [-0.15, -0.1) is 0 Å². The highest BCUT2D eigenvalue weighted by atomic mass is 16.5. The number of amides is 1. The summed E-state index contributed by atoms with van der Waals surface area (Å²) in [4.78, 5) is 16.0. The molecule has 0 unspecified atom stereocenters. The number of aryl methyl sites for hydroxylation is 1. The fourth-order valence-corrected chi connectivity index (χ4v) is 1.58. The van der Waals surface area contributed by atoms with Gasteiger partial charge >= 0.3 is 0 Å². The first-order chi connectivity index (χ1) is 7.76. The van der Waals surface area contributed by atoms with Crippen molar-refractivity contribution in [3.8, 4) is 5.75 Å². The van der Waals surface area contributed by atoms with E-state index in [2.05, 4.69) is 10.3 Å². The van der Waals surface area contributed by atoms with Crippen molar-refractivity contribution in [2.45, 2.75) is 32.3 Å². The predicted octanol–water partition coefficient (Wildman–Crippen LogP) is 1.54. The molecule has 1 amide bonds. The summed E-state index contributed by atoms with van der Waals surface area (Å²) in [7, 11) is 1.62. The van der Waals surface area contributed by atoms with Gasteiger partial charge < -0.3 is 10.1 Å². The molecule has 16 heavy (non-hydrogen) atoms. The van der Waals surface area contributed by atoms with Crippen LogP contribution >= 0.6 is 0 Å². The molecule has 86 valence electrons. The maximum atomic E-state index is 11.8. The van der Waals surface area contributed by atoms with Crippen LogP contribution in [-0.4, -0.2) is 24.0 Å². The number of carbonyl (C=O) groups is 1. The van der Waals surface area contributed by atoms with Gasteiger partial charge in [0.1, 0.15) is 11.3 Å². The number of ether oxygens (including phenoxy) is 1. The number of rotatable bonds is 4. The van der Waals surface area contributed by atoms with E-state index in [1.807, 2.05) is 6.92 Å². The van der Waals surface area contributed by atoms with Crippen LogP contribution in [0.25, 0.3) is 0 Å². The molecule has 1 aromatic rings. The van der Waals surface area contributed by atoms with Crippen molar-refractivity contribution >= 4 is 5.91 Å². The Hall–Kier alpha value is -1.58. The number of carbonyl (C=O) groups excluding carboxylic acids is 1. The normalized spacial score (nSPS) is 14.6. The average Bonchev–Trinajstić information content (AvgIpc) is 3.11. The lowest BCUT2D eigenvalue weighted by molar-refractivity contribution is 0.0957. The fourth-order valence-electron chi connectivity index (χ4n) is 1.58.